The SMILES string of the molecule is CC(C)[C@H]1CC[C@H]2C[C@H](O)CC[C@@H]2C1. The number of rotatable bonds is 1. The quantitative estimate of drug-likeness (QED) is 0.682. The highest BCUT2D eigenvalue weighted by Crippen LogP contribution is 2.44. The van der Waals surface area contributed by atoms with Gasteiger partial charge in [-0.2, -0.15) is 0 Å². The highest BCUT2D eigenvalue weighted by molar-refractivity contribution is 4.86. The van der Waals surface area contributed by atoms with Gasteiger partial charge >= 0.3 is 0 Å². The van der Waals surface area contributed by atoms with Crippen LogP contribution in [-0.4, -0.2) is 11.2 Å². The molecular weight excluding hydrogens is 172 g/mol. The van der Waals surface area contributed by atoms with Crippen molar-refractivity contribution in [3.05, 3.63) is 0 Å². The van der Waals surface area contributed by atoms with E-state index in [2.05, 4.69) is 13.8 Å². The van der Waals surface area contributed by atoms with Gasteiger partial charge < -0.3 is 5.11 Å². The third-order valence-electron chi connectivity index (χ3n) is 4.57. The standard InChI is InChI=1S/C13H24O/c1-9(2)10-3-4-12-8-13(14)6-5-11(12)7-10/h9-14H,3-8H2,1-2H3/t10-,11+,12-,13+/m0/s1. The van der Waals surface area contributed by atoms with Crippen LogP contribution in [0.5, 0.6) is 0 Å². The van der Waals surface area contributed by atoms with Crippen LogP contribution in [0.4, 0.5) is 0 Å². The highest BCUT2D eigenvalue weighted by atomic mass is 16.3. The fourth-order valence-electron chi connectivity index (χ4n) is 3.51. The Morgan fingerprint density at radius 3 is 2.29 bits per heavy atom. The second kappa shape index (κ2) is 4.22. The van der Waals surface area contributed by atoms with Gasteiger partial charge in [0.05, 0.1) is 6.10 Å². The average Bonchev–Trinajstić information content (AvgIpc) is 2.16. The van der Waals surface area contributed by atoms with E-state index >= 15 is 0 Å². The van der Waals surface area contributed by atoms with E-state index in [0.717, 1.165) is 36.5 Å². The number of aliphatic hydroxyl groups is 1. The lowest BCUT2D eigenvalue weighted by molar-refractivity contribution is 0.0282. The molecule has 0 aromatic heterocycles. The highest BCUT2D eigenvalue weighted by Gasteiger charge is 2.35. The third kappa shape index (κ3) is 2.13. The Balaban J connectivity index is 1.91. The van der Waals surface area contributed by atoms with Crippen molar-refractivity contribution in [3.63, 3.8) is 0 Å². The van der Waals surface area contributed by atoms with Gasteiger partial charge in [-0.25, -0.2) is 0 Å². The molecule has 1 N–H and O–H groups in total. The van der Waals surface area contributed by atoms with Crippen molar-refractivity contribution in [2.24, 2.45) is 23.7 Å². The smallest absolute Gasteiger partial charge is 0.0543 e. The number of fused-ring (bicyclic) bond motifs is 1. The number of hydrogen-bond donors (Lipinski definition) is 1. The van der Waals surface area contributed by atoms with Gasteiger partial charge in [-0.1, -0.05) is 13.8 Å². The van der Waals surface area contributed by atoms with Gasteiger partial charge in [-0.05, 0) is 62.2 Å². The first kappa shape index (κ1) is 10.5. The molecule has 2 fully saturated rings. The second-order valence-electron chi connectivity index (χ2n) is 5.80. The molecule has 0 bridgehead atoms. The lowest BCUT2D eigenvalue weighted by atomic mass is 9.65. The molecule has 0 aromatic carbocycles. The van der Waals surface area contributed by atoms with E-state index in [1.807, 2.05) is 0 Å². The summed E-state index contributed by atoms with van der Waals surface area (Å²) in [6, 6.07) is 0. The summed E-state index contributed by atoms with van der Waals surface area (Å²) in [4.78, 5) is 0. The van der Waals surface area contributed by atoms with E-state index in [1.165, 1.54) is 25.7 Å². The molecule has 0 spiro atoms. The van der Waals surface area contributed by atoms with Crippen molar-refractivity contribution >= 4 is 0 Å². The van der Waals surface area contributed by atoms with Crippen molar-refractivity contribution in [1.82, 2.24) is 0 Å². The average molecular weight is 196 g/mol. The van der Waals surface area contributed by atoms with Crippen LogP contribution < -0.4 is 0 Å². The molecule has 0 saturated heterocycles. The monoisotopic (exact) mass is 196 g/mol. The first-order valence-corrected chi connectivity index (χ1v) is 6.35. The maximum atomic E-state index is 9.62. The van der Waals surface area contributed by atoms with Crippen LogP contribution in [0.3, 0.4) is 0 Å². The van der Waals surface area contributed by atoms with Crippen LogP contribution in [0.1, 0.15) is 52.4 Å². The Bertz CT molecular complexity index is 188. The molecule has 2 rings (SSSR count). The Morgan fingerprint density at radius 2 is 1.57 bits per heavy atom. The minimum Gasteiger partial charge on any atom is -0.393 e. The van der Waals surface area contributed by atoms with E-state index in [9.17, 15) is 5.11 Å². The van der Waals surface area contributed by atoms with Crippen molar-refractivity contribution < 1.29 is 5.11 Å². The number of hydrogen-bond acceptors (Lipinski definition) is 1. The maximum absolute atomic E-state index is 9.62. The zero-order chi connectivity index (χ0) is 10.1. The molecule has 0 unspecified atom stereocenters. The lowest BCUT2D eigenvalue weighted by Crippen LogP contribution is -2.34. The van der Waals surface area contributed by atoms with Crippen molar-refractivity contribution in [3.8, 4) is 0 Å². The van der Waals surface area contributed by atoms with Gasteiger partial charge in [0, 0.05) is 0 Å². The summed E-state index contributed by atoms with van der Waals surface area (Å²) in [5.74, 6) is 3.63. The van der Waals surface area contributed by atoms with Gasteiger partial charge in [0.15, 0.2) is 0 Å². The summed E-state index contributed by atoms with van der Waals surface area (Å²) in [6.07, 6.45) is 7.69. The predicted molar refractivity (Wildman–Crippen MR) is 59.0 cm³/mol. The van der Waals surface area contributed by atoms with Crippen molar-refractivity contribution in [1.29, 1.82) is 0 Å². The molecule has 14 heavy (non-hydrogen) atoms. The second-order valence-corrected chi connectivity index (χ2v) is 5.80. The topological polar surface area (TPSA) is 20.2 Å². The molecule has 2 saturated carbocycles. The fourth-order valence-corrected chi connectivity index (χ4v) is 3.51. The van der Waals surface area contributed by atoms with Crippen LogP contribution in [0.15, 0.2) is 0 Å². The minimum absolute atomic E-state index is 0.0202. The Kier molecular flexibility index (Phi) is 3.16. The normalized spacial score (nSPS) is 43.7. The zero-order valence-corrected chi connectivity index (χ0v) is 9.58. The molecule has 82 valence electrons. The van der Waals surface area contributed by atoms with Gasteiger partial charge in [0.2, 0.25) is 0 Å². The van der Waals surface area contributed by atoms with Crippen molar-refractivity contribution in [2.75, 3.05) is 0 Å². The molecule has 1 nitrogen and oxygen atoms in total. The summed E-state index contributed by atoms with van der Waals surface area (Å²) in [5, 5.41) is 9.62. The van der Waals surface area contributed by atoms with Gasteiger partial charge in [-0.15, -0.1) is 0 Å². The molecule has 0 heterocycles. The van der Waals surface area contributed by atoms with Crippen LogP contribution >= 0.6 is 0 Å². The fraction of sp³-hybridized carbons (Fsp3) is 1.00. The minimum atomic E-state index is 0.0202. The Hall–Kier alpha value is -0.0400. The summed E-state index contributed by atoms with van der Waals surface area (Å²) < 4.78 is 0. The Labute approximate surface area is 87.9 Å². The molecule has 4 atom stereocenters. The van der Waals surface area contributed by atoms with Crippen LogP contribution in [0.25, 0.3) is 0 Å². The first-order valence-electron chi connectivity index (χ1n) is 6.35. The van der Waals surface area contributed by atoms with Gasteiger partial charge in [-0.3, -0.25) is 0 Å². The summed E-state index contributed by atoms with van der Waals surface area (Å²) in [5.41, 5.74) is 0. The summed E-state index contributed by atoms with van der Waals surface area (Å²) >= 11 is 0. The maximum Gasteiger partial charge on any atom is 0.0543 e. The summed E-state index contributed by atoms with van der Waals surface area (Å²) in [6.45, 7) is 4.73. The summed E-state index contributed by atoms with van der Waals surface area (Å²) in [7, 11) is 0. The molecule has 0 amide bonds. The van der Waals surface area contributed by atoms with Crippen molar-refractivity contribution in [2.45, 2.75) is 58.5 Å². The lowest BCUT2D eigenvalue weighted by Gasteiger charge is -2.42. The molecule has 2 aliphatic carbocycles. The van der Waals surface area contributed by atoms with Crippen LogP contribution in [0.2, 0.25) is 0 Å². The largest absolute Gasteiger partial charge is 0.393 e. The van der Waals surface area contributed by atoms with E-state index in [0.29, 0.717) is 0 Å². The van der Waals surface area contributed by atoms with E-state index in [1.54, 1.807) is 0 Å². The van der Waals surface area contributed by atoms with Crippen LogP contribution in [-0.2, 0) is 0 Å². The first-order chi connectivity index (χ1) is 6.66. The van der Waals surface area contributed by atoms with Gasteiger partial charge in [0.25, 0.3) is 0 Å². The molecule has 0 aliphatic heterocycles. The van der Waals surface area contributed by atoms with E-state index < -0.39 is 0 Å². The van der Waals surface area contributed by atoms with E-state index in [4.69, 9.17) is 0 Å². The third-order valence-corrected chi connectivity index (χ3v) is 4.57. The van der Waals surface area contributed by atoms with E-state index in [-0.39, 0.29) is 6.10 Å². The molecule has 2 aliphatic rings. The Morgan fingerprint density at radius 1 is 0.929 bits per heavy atom. The molecule has 0 radical (unpaired) electrons. The van der Waals surface area contributed by atoms with Crippen LogP contribution in [0, 0.1) is 23.7 Å². The zero-order valence-electron chi connectivity index (χ0n) is 9.58. The molecular formula is C13H24O. The molecule has 1 heteroatoms. The predicted octanol–water partition coefficient (Wildman–Crippen LogP) is 3.22. The molecule has 0 aromatic rings. The van der Waals surface area contributed by atoms with Gasteiger partial charge in [0.1, 0.15) is 0 Å². The number of aliphatic hydroxyl groups excluding tert-OH is 1.